The number of methoxy groups -OCH3 is 1. The lowest BCUT2D eigenvalue weighted by Crippen LogP contribution is -2.65. The summed E-state index contributed by atoms with van der Waals surface area (Å²) in [5.41, 5.74) is 4.40. The second-order valence-electron chi connectivity index (χ2n) is 23.3. The molecule has 17 heteroatoms. The summed E-state index contributed by atoms with van der Waals surface area (Å²) < 4.78 is 23.2. The van der Waals surface area contributed by atoms with Gasteiger partial charge in [0.1, 0.15) is 48.5 Å². The van der Waals surface area contributed by atoms with Gasteiger partial charge in [0.15, 0.2) is 5.12 Å². The van der Waals surface area contributed by atoms with E-state index in [1.165, 1.54) is 188 Å². The van der Waals surface area contributed by atoms with Gasteiger partial charge >= 0.3 is 11.9 Å². The van der Waals surface area contributed by atoms with E-state index in [9.17, 15) is 38.7 Å². The number of hydrogen-bond acceptors (Lipinski definition) is 13. The number of esters is 2. The SMILES string of the molecule is CCCCCCCCCCCCCCC(CCCCCCCCCCCCCC)C(=O)S[C@@H]1O[C@H](COC(=O)CCCCCCCCCCCCC)[C@@H](O)[C@H](O[C@H](C)C(=O)N[C@@H](C)C(=O)N[C@H](CCC(=O)OC)C(N)=O)[C@H]1NC(C)=O. The van der Waals surface area contributed by atoms with E-state index in [0.29, 0.717) is 6.42 Å². The van der Waals surface area contributed by atoms with Gasteiger partial charge in [0.05, 0.1) is 13.2 Å². The van der Waals surface area contributed by atoms with Gasteiger partial charge in [-0.05, 0) is 39.5 Å². The van der Waals surface area contributed by atoms with Gasteiger partial charge in [-0.1, -0.05) is 251 Å². The van der Waals surface area contributed by atoms with E-state index in [0.717, 1.165) is 82.4 Å². The third kappa shape index (κ3) is 38.3. The van der Waals surface area contributed by atoms with Crippen LogP contribution >= 0.6 is 11.8 Å². The van der Waals surface area contributed by atoms with Gasteiger partial charge in [-0.2, -0.15) is 0 Å². The second kappa shape index (κ2) is 50.1. The Morgan fingerprint density at radius 2 is 0.975 bits per heavy atom. The minimum Gasteiger partial charge on any atom is -0.469 e. The van der Waals surface area contributed by atoms with Crippen LogP contribution in [0.3, 0.4) is 0 Å². The Hall–Kier alpha value is -3.28. The van der Waals surface area contributed by atoms with Gasteiger partial charge in [0, 0.05) is 25.7 Å². The standard InChI is InChI=1S/C64H118N4O12S/c1-8-11-14-17-20-23-26-29-31-34-37-40-43-52(44-41-38-35-32-30-27-24-21-18-15-12-9-2)63(76)81-64-57(67-51(6)69)59(79-50(5)62(75)66-49(4)61(74)68-53(60(65)73)46-47-55(70)77-7)58(72)54(80-64)48-78-56(71)45-42-39-36-33-28-25-22-19-16-13-10-3/h49-50,52-54,57-59,64,72H,8-48H2,1-7H3,(H2,65,73)(H,66,75)(H,67,69)(H,68,74)/t49-,50+,53+,54+,57+,58+,59+,64-/m0/s1. The maximum atomic E-state index is 14.7. The van der Waals surface area contributed by atoms with Gasteiger partial charge in [0.2, 0.25) is 23.6 Å². The first-order valence-corrected chi connectivity index (χ1v) is 33.6. The molecule has 0 bridgehead atoms. The van der Waals surface area contributed by atoms with Crippen LogP contribution in [-0.4, -0.2) is 107 Å². The molecular weight excluding hydrogens is 1050 g/mol. The zero-order chi connectivity index (χ0) is 59.9. The van der Waals surface area contributed by atoms with Crippen molar-refractivity contribution in [3.8, 4) is 0 Å². The topological polar surface area (TPSA) is 239 Å². The molecule has 0 aromatic rings. The van der Waals surface area contributed by atoms with Crippen molar-refractivity contribution in [2.45, 2.75) is 346 Å². The molecule has 472 valence electrons. The molecule has 0 radical (unpaired) electrons. The molecule has 8 atom stereocenters. The number of primary amides is 1. The van der Waals surface area contributed by atoms with E-state index in [1.54, 1.807) is 0 Å². The van der Waals surface area contributed by atoms with Crippen LogP contribution in [0, 0.1) is 5.92 Å². The average Bonchev–Trinajstić information content (AvgIpc) is 3.52. The van der Waals surface area contributed by atoms with E-state index >= 15 is 0 Å². The molecule has 0 aliphatic carbocycles. The Kier molecular flexibility index (Phi) is 46.8. The summed E-state index contributed by atoms with van der Waals surface area (Å²) in [6, 6.07) is -3.54. The van der Waals surface area contributed by atoms with Crippen molar-refractivity contribution < 1.29 is 57.6 Å². The number of unbranched alkanes of at least 4 members (excludes halogenated alkanes) is 32. The van der Waals surface area contributed by atoms with Crippen LogP contribution in [0.4, 0.5) is 0 Å². The van der Waals surface area contributed by atoms with Gasteiger partial charge < -0.3 is 45.7 Å². The van der Waals surface area contributed by atoms with Crippen LogP contribution in [0.1, 0.15) is 298 Å². The van der Waals surface area contributed by atoms with Crippen LogP contribution < -0.4 is 21.7 Å². The maximum absolute atomic E-state index is 14.7. The number of rotatable bonds is 53. The normalized spacial score (nSPS) is 18.2. The third-order valence-corrected chi connectivity index (χ3v) is 17.0. The van der Waals surface area contributed by atoms with Crippen molar-refractivity contribution in [3.05, 3.63) is 0 Å². The molecule has 0 saturated carbocycles. The maximum Gasteiger partial charge on any atom is 0.305 e. The summed E-state index contributed by atoms with van der Waals surface area (Å²) in [4.78, 5) is 91.6. The first-order chi connectivity index (χ1) is 39.1. The first-order valence-electron chi connectivity index (χ1n) is 32.7. The number of ether oxygens (including phenoxy) is 4. The largest absolute Gasteiger partial charge is 0.469 e. The minimum absolute atomic E-state index is 0.0876. The Bertz CT molecular complexity index is 1650. The summed E-state index contributed by atoms with van der Waals surface area (Å²) in [6.45, 7) is 10.5. The molecule has 0 aromatic heterocycles. The molecule has 1 fully saturated rings. The minimum atomic E-state index is -1.54. The number of amides is 4. The molecule has 0 unspecified atom stereocenters. The van der Waals surface area contributed by atoms with E-state index in [2.05, 4.69) is 41.5 Å². The quantitative estimate of drug-likeness (QED) is 0.0282. The zero-order valence-corrected chi connectivity index (χ0v) is 52.9. The van der Waals surface area contributed by atoms with Gasteiger partial charge in [-0.3, -0.25) is 33.6 Å². The smallest absolute Gasteiger partial charge is 0.305 e. The molecule has 1 rings (SSSR count). The number of aliphatic hydroxyl groups excluding tert-OH is 1. The van der Waals surface area contributed by atoms with Crippen molar-refractivity contribution in [1.29, 1.82) is 0 Å². The van der Waals surface area contributed by atoms with Crippen molar-refractivity contribution in [2.24, 2.45) is 11.7 Å². The van der Waals surface area contributed by atoms with Crippen LogP contribution in [0.2, 0.25) is 0 Å². The number of carbonyl (C=O) groups is 7. The van der Waals surface area contributed by atoms with E-state index in [1.807, 2.05) is 0 Å². The summed E-state index contributed by atoms with van der Waals surface area (Å²) in [5, 5.41) is 19.8. The highest BCUT2D eigenvalue weighted by atomic mass is 32.2. The molecule has 1 saturated heterocycles. The number of hydrogen-bond donors (Lipinski definition) is 5. The molecule has 4 amide bonds. The van der Waals surface area contributed by atoms with E-state index in [-0.39, 0.29) is 36.9 Å². The first kappa shape index (κ1) is 75.7. The molecule has 1 heterocycles. The van der Waals surface area contributed by atoms with E-state index in [4.69, 9.17) is 19.9 Å². The summed E-state index contributed by atoms with van der Waals surface area (Å²) in [5.74, 6) is -4.19. The zero-order valence-electron chi connectivity index (χ0n) is 52.1. The molecule has 0 spiro atoms. The predicted molar refractivity (Wildman–Crippen MR) is 326 cm³/mol. The monoisotopic (exact) mass is 1170 g/mol. The molecule has 16 nitrogen and oxygen atoms in total. The van der Waals surface area contributed by atoms with Crippen molar-refractivity contribution in [1.82, 2.24) is 16.0 Å². The van der Waals surface area contributed by atoms with Crippen LogP contribution in [0.5, 0.6) is 0 Å². The third-order valence-electron chi connectivity index (χ3n) is 15.8. The molecule has 1 aliphatic heterocycles. The lowest BCUT2D eigenvalue weighted by Gasteiger charge is -2.45. The summed E-state index contributed by atoms with van der Waals surface area (Å²) in [7, 11) is 1.20. The summed E-state index contributed by atoms with van der Waals surface area (Å²) in [6.07, 6.45) is 37.5. The average molecular weight is 1170 g/mol. The Morgan fingerprint density at radius 1 is 0.556 bits per heavy atom. The Balaban J connectivity index is 3.27. The van der Waals surface area contributed by atoms with Gasteiger partial charge in [-0.15, -0.1) is 0 Å². The van der Waals surface area contributed by atoms with Crippen LogP contribution in [-0.2, 0) is 52.5 Å². The molecular formula is C64H118N4O12S. The molecule has 6 N–H and O–H groups in total. The Morgan fingerprint density at radius 3 is 1.38 bits per heavy atom. The predicted octanol–water partition coefficient (Wildman–Crippen LogP) is 13.1. The van der Waals surface area contributed by atoms with Crippen molar-refractivity contribution in [2.75, 3.05) is 13.7 Å². The van der Waals surface area contributed by atoms with Crippen LogP contribution in [0.25, 0.3) is 0 Å². The summed E-state index contributed by atoms with van der Waals surface area (Å²) >= 11 is 0.958. The second-order valence-corrected chi connectivity index (χ2v) is 24.4. The number of nitrogens with one attached hydrogen (secondary N) is 3. The number of thioether (sulfide) groups is 1. The van der Waals surface area contributed by atoms with Gasteiger partial charge in [0.25, 0.3) is 0 Å². The fourth-order valence-electron chi connectivity index (χ4n) is 10.6. The van der Waals surface area contributed by atoms with Crippen molar-refractivity contribution in [3.63, 3.8) is 0 Å². The fourth-order valence-corrected chi connectivity index (χ4v) is 11.8. The number of nitrogens with two attached hydrogens (primary N) is 1. The highest BCUT2D eigenvalue weighted by Crippen LogP contribution is 2.35. The lowest BCUT2D eigenvalue weighted by molar-refractivity contribution is -0.204. The lowest BCUT2D eigenvalue weighted by atomic mass is 9.95. The molecule has 81 heavy (non-hydrogen) atoms. The highest BCUT2D eigenvalue weighted by molar-refractivity contribution is 8.14. The molecule has 0 aromatic carbocycles. The van der Waals surface area contributed by atoms with Gasteiger partial charge in [-0.25, -0.2) is 0 Å². The van der Waals surface area contributed by atoms with Crippen molar-refractivity contribution >= 4 is 52.4 Å². The van der Waals surface area contributed by atoms with E-state index < -0.39 is 83.5 Å². The van der Waals surface area contributed by atoms with Crippen LogP contribution in [0.15, 0.2) is 0 Å². The molecule has 1 aliphatic rings. The fraction of sp³-hybridized carbons (Fsp3) is 0.891. The number of aliphatic hydroxyl groups is 1. The number of carbonyl (C=O) groups excluding carboxylic acids is 7. The Labute approximate surface area is 495 Å². The highest BCUT2D eigenvalue weighted by Gasteiger charge is 2.49.